The molecule has 3 rings (SSSR count). The third kappa shape index (κ3) is 4.02. The van der Waals surface area contributed by atoms with Crippen LogP contribution in [0.25, 0.3) is 0 Å². The standard InChI is InChI=1S/C15H18N2O3S.2ClH/c18-11-4-3-10(14(19)15(11)20)13(12-2-1-9-21-12)17-7-5-16-6-8-17;;/h1-4,9,13,16,18-20H,5-8H2;2*1H/t13-;;/m0../s1. The fraction of sp³-hybridized carbons (Fsp3) is 0.333. The molecule has 5 nitrogen and oxygen atoms in total. The van der Waals surface area contributed by atoms with Crippen LogP contribution in [0.3, 0.4) is 0 Å². The molecular formula is C15H20Cl2N2O3S. The normalized spacial score (nSPS) is 16.2. The van der Waals surface area contributed by atoms with Crippen molar-refractivity contribution in [2.75, 3.05) is 26.2 Å². The van der Waals surface area contributed by atoms with Gasteiger partial charge in [-0.3, -0.25) is 4.90 Å². The summed E-state index contributed by atoms with van der Waals surface area (Å²) >= 11 is 1.62. The van der Waals surface area contributed by atoms with E-state index >= 15 is 0 Å². The maximum Gasteiger partial charge on any atom is 0.200 e. The SMILES string of the molecule is Cl.Cl.Oc1ccc([C@@H](c2cccs2)N2CCNCC2)c(O)c1O. The van der Waals surface area contributed by atoms with E-state index in [-0.39, 0.29) is 42.4 Å². The summed E-state index contributed by atoms with van der Waals surface area (Å²) in [6.45, 7) is 3.52. The van der Waals surface area contributed by atoms with Crippen molar-refractivity contribution in [1.82, 2.24) is 10.2 Å². The first-order valence-electron chi connectivity index (χ1n) is 6.90. The Morgan fingerprint density at radius 3 is 2.30 bits per heavy atom. The van der Waals surface area contributed by atoms with E-state index in [0.717, 1.165) is 31.1 Å². The second kappa shape index (κ2) is 8.61. The summed E-state index contributed by atoms with van der Waals surface area (Å²) in [5.41, 5.74) is 0.620. The van der Waals surface area contributed by atoms with Crippen molar-refractivity contribution in [3.05, 3.63) is 40.1 Å². The first-order chi connectivity index (χ1) is 10.2. The first kappa shape index (κ1) is 19.9. The Labute approximate surface area is 151 Å². The number of piperazine rings is 1. The molecule has 23 heavy (non-hydrogen) atoms. The highest BCUT2D eigenvalue weighted by atomic mass is 35.5. The van der Waals surface area contributed by atoms with E-state index in [0.29, 0.717) is 5.56 Å². The van der Waals surface area contributed by atoms with Gasteiger partial charge in [-0.25, -0.2) is 0 Å². The molecule has 2 heterocycles. The van der Waals surface area contributed by atoms with Gasteiger partial charge in [0.25, 0.3) is 0 Å². The predicted octanol–water partition coefficient (Wildman–Crippen LogP) is 2.70. The van der Waals surface area contributed by atoms with Crippen molar-refractivity contribution in [3.63, 3.8) is 0 Å². The molecule has 1 aliphatic heterocycles. The van der Waals surface area contributed by atoms with Crippen LogP contribution >= 0.6 is 36.2 Å². The lowest BCUT2D eigenvalue weighted by Gasteiger charge is -2.35. The van der Waals surface area contributed by atoms with Crippen LogP contribution in [-0.4, -0.2) is 46.4 Å². The maximum atomic E-state index is 10.2. The zero-order valence-electron chi connectivity index (χ0n) is 12.3. The van der Waals surface area contributed by atoms with Gasteiger partial charge in [0.15, 0.2) is 11.5 Å². The van der Waals surface area contributed by atoms with Crippen molar-refractivity contribution in [2.24, 2.45) is 0 Å². The summed E-state index contributed by atoms with van der Waals surface area (Å²) in [4.78, 5) is 3.38. The Balaban J connectivity index is 0.00000132. The molecule has 4 N–H and O–H groups in total. The van der Waals surface area contributed by atoms with Crippen LogP contribution in [0, 0.1) is 0 Å². The summed E-state index contributed by atoms with van der Waals surface area (Å²) in [6.07, 6.45) is 0. The van der Waals surface area contributed by atoms with Gasteiger partial charge in [0.2, 0.25) is 5.75 Å². The Hall–Kier alpha value is -1.18. The van der Waals surface area contributed by atoms with Crippen molar-refractivity contribution in [2.45, 2.75) is 6.04 Å². The molecule has 0 aliphatic carbocycles. The number of benzene rings is 1. The Morgan fingerprint density at radius 1 is 1.00 bits per heavy atom. The highest BCUT2D eigenvalue weighted by molar-refractivity contribution is 7.10. The molecule has 0 saturated carbocycles. The molecule has 1 aromatic carbocycles. The highest BCUT2D eigenvalue weighted by Crippen LogP contribution is 2.44. The van der Waals surface area contributed by atoms with Crippen LogP contribution < -0.4 is 5.32 Å². The van der Waals surface area contributed by atoms with Crippen molar-refractivity contribution in [1.29, 1.82) is 0 Å². The molecule has 1 aromatic heterocycles. The van der Waals surface area contributed by atoms with E-state index in [4.69, 9.17) is 0 Å². The van der Waals surface area contributed by atoms with Gasteiger partial charge in [-0.05, 0) is 23.6 Å². The third-order valence-electron chi connectivity index (χ3n) is 3.79. The van der Waals surface area contributed by atoms with Crippen LogP contribution in [-0.2, 0) is 0 Å². The third-order valence-corrected chi connectivity index (χ3v) is 4.71. The summed E-state index contributed by atoms with van der Waals surface area (Å²) in [6, 6.07) is 7.00. The smallest absolute Gasteiger partial charge is 0.200 e. The Kier molecular flexibility index (Phi) is 7.44. The molecule has 0 spiro atoms. The van der Waals surface area contributed by atoms with Crippen molar-refractivity contribution in [3.8, 4) is 17.2 Å². The number of thiophene rings is 1. The number of aromatic hydroxyl groups is 3. The van der Waals surface area contributed by atoms with E-state index < -0.39 is 5.75 Å². The lowest BCUT2D eigenvalue weighted by Crippen LogP contribution is -2.45. The lowest BCUT2D eigenvalue weighted by molar-refractivity contribution is 0.197. The maximum absolute atomic E-state index is 10.2. The van der Waals surface area contributed by atoms with Gasteiger partial charge in [-0.15, -0.1) is 36.2 Å². The van der Waals surface area contributed by atoms with Crippen molar-refractivity contribution < 1.29 is 15.3 Å². The van der Waals surface area contributed by atoms with Crippen LogP contribution in [0.15, 0.2) is 29.6 Å². The molecule has 128 valence electrons. The topological polar surface area (TPSA) is 76.0 Å². The summed E-state index contributed by atoms with van der Waals surface area (Å²) in [5, 5.41) is 34.9. The van der Waals surface area contributed by atoms with Crippen LogP contribution in [0.4, 0.5) is 0 Å². The molecule has 1 saturated heterocycles. The molecule has 1 fully saturated rings. The number of phenols is 3. The van der Waals surface area contributed by atoms with Crippen molar-refractivity contribution >= 4 is 36.2 Å². The Morgan fingerprint density at radius 2 is 1.70 bits per heavy atom. The highest BCUT2D eigenvalue weighted by Gasteiger charge is 2.28. The van der Waals surface area contributed by atoms with Gasteiger partial charge in [-0.1, -0.05) is 6.07 Å². The van der Waals surface area contributed by atoms with E-state index in [1.165, 1.54) is 6.07 Å². The minimum Gasteiger partial charge on any atom is -0.504 e. The molecule has 2 aromatic rings. The molecule has 0 amide bonds. The van der Waals surface area contributed by atoms with Gasteiger partial charge in [0, 0.05) is 36.6 Å². The van der Waals surface area contributed by atoms with Gasteiger partial charge in [0.1, 0.15) is 0 Å². The van der Waals surface area contributed by atoms with Gasteiger partial charge >= 0.3 is 0 Å². The number of rotatable bonds is 3. The fourth-order valence-corrected chi connectivity index (χ4v) is 3.60. The predicted molar refractivity (Wildman–Crippen MR) is 96.5 cm³/mol. The number of halogens is 2. The zero-order valence-corrected chi connectivity index (χ0v) is 14.8. The number of phenolic OH excluding ortho intramolecular Hbond substituents is 3. The molecule has 0 bridgehead atoms. The molecule has 1 aliphatic rings. The van der Waals surface area contributed by atoms with E-state index in [1.807, 2.05) is 17.5 Å². The average Bonchev–Trinajstić information content (AvgIpc) is 3.03. The van der Waals surface area contributed by atoms with Gasteiger partial charge < -0.3 is 20.6 Å². The number of nitrogens with zero attached hydrogens (tertiary/aromatic N) is 1. The fourth-order valence-electron chi connectivity index (χ4n) is 2.72. The summed E-state index contributed by atoms with van der Waals surface area (Å²) < 4.78 is 0. The van der Waals surface area contributed by atoms with E-state index in [9.17, 15) is 15.3 Å². The van der Waals surface area contributed by atoms with Crippen LogP contribution in [0.2, 0.25) is 0 Å². The van der Waals surface area contributed by atoms with Crippen LogP contribution in [0.5, 0.6) is 17.2 Å². The lowest BCUT2D eigenvalue weighted by atomic mass is 10.0. The quantitative estimate of drug-likeness (QED) is 0.617. The summed E-state index contributed by atoms with van der Waals surface area (Å²) in [5.74, 6) is -1.00. The molecule has 8 heteroatoms. The average molecular weight is 379 g/mol. The van der Waals surface area contributed by atoms with Crippen LogP contribution in [0.1, 0.15) is 16.5 Å². The molecule has 0 radical (unpaired) electrons. The number of nitrogens with one attached hydrogen (secondary N) is 1. The molecule has 0 unspecified atom stereocenters. The first-order valence-corrected chi connectivity index (χ1v) is 7.78. The number of hydrogen-bond acceptors (Lipinski definition) is 6. The second-order valence-corrected chi connectivity index (χ2v) is 6.05. The molecule has 1 atom stereocenters. The largest absolute Gasteiger partial charge is 0.504 e. The van der Waals surface area contributed by atoms with Gasteiger partial charge in [-0.2, -0.15) is 0 Å². The zero-order chi connectivity index (χ0) is 14.8. The number of hydrogen-bond donors (Lipinski definition) is 4. The monoisotopic (exact) mass is 378 g/mol. The minimum absolute atomic E-state index is 0. The minimum atomic E-state index is -0.454. The van der Waals surface area contributed by atoms with Gasteiger partial charge in [0.05, 0.1) is 6.04 Å². The second-order valence-electron chi connectivity index (χ2n) is 5.08. The summed E-state index contributed by atoms with van der Waals surface area (Å²) in [7, 11) is 0. The molecular weight excluding hydrogens is 359 g/mol. The Bertz CT molecular complexity index is 619. The van der Waals surface area contributed by atoms with E-state index in [2.05, 4.69) is 10.2 Å². The van der Waals surface area contributed by atoms with E-state index in [1.54, 1.807) is 17.4 Å².